The zero-order chi connectivity index (χ0) is 14.9. The quantitative estimate of drug-likeness (QED) is 0.666. The minimum absolute atomic E-state index is 0.0573. The van der Waals surface area contributed by atoms with Gasteiger partial charge in [-0.1, -0.05) is 11.6 Å². The first kappa shape index (κ1) is 14.5. The summed E-state index contributed by atoms with van der Waals surface area (Å²) in [6.07, 6.45) is 1.08. The molecule has 0 saturated heterocycles. The fraction of sp³-hybridized carbons (Fsp3) is 0.0909. The smallest absolute Gasteiger partial charge is 0.266 e. The van der Waals surface area contributed by atoms with Crippen molar-refractivity contribution in [2.45, 2.75) is 11.8 Å². The third-order valence-electron chi connectivity index (χ3n) is 2.41. The van der Waals surface area contributed by atoms with Gasteiger partial charge in [0.15, 0.2) is 0 Å². The molecule has 106 valence electrons. The predicted octanol–water partition coefficient (Wildman–Crippen LogP) is 1.96. The lowest BCUT2D eigenvalue weighted by Gasteiger charge is -2.10. The van der Waals surface area contributed by atoms with Gasteiger partial charge in [0.05, 0.1) is 0 Å². The first-order valence-corrected chi connectivity index (χ1v) is 7.22. The fourth-order valence-electron chi connectivity index (χ4n) is 1.54. The second-order valence-corrected chi connectivity index (χ2v) is 6.02. The summed E-state index contributed by atoms with van der Waals surface area (Å²) in [7, 11) is -4.16. The molecule has 0 saturated carbocycles. The number of hydrogen-bond acceptors (Lipinski definition) is 5. The molecule has 2 aromatic rings. The fourth-order valence-corrected chi connectivity index (χ4v) is 2.87. The van der Waals surface area contributed by atoms with E-state index in [1.807, 2.05) is 0 Å². The Labute approximate surface area is 119 Å². The minimum atomic E-state index is -4.16. The van der Waals surface area contributed by atoms with E-state index in [0.717, 1.165) is 12.4 Å². The Morgan fingerprint density at radius 1 is 1.30 bits per heavy atom. The van der Waals surface area contributed by atoms with Crippen LogP contribution in [-0.4, -0.2) is 18.4 Å². The van der Waals surface area contributed by atoms with Crippen LogP contribution in [0.2, 0.25) is 5.15 Å². The lowest BCUT2D eigenvalue weighted by molar-refractivity contribution is 0.565. The van der Waals surface area contributed by atoms with Crippen molar-refractivity contribution < 1.29 is 12.8 Å². The molecule has 0 bridgehead atoms. The Morgan fingerprint density at radius 2 is 2.00 bits per heavy atom. The first-order valence-electron chi connectivity index (χ1n) is 5.35. The number of nitrogens with two attached hydrogens (primary N) is 1. The van der Waals surface area contributed by atoms with E-state index in [-0.39, 0.29) is 22.2 Å². The highest BCUT2D eigenvalue weighted by Gasteiger charge is 2.22. The van der Waals surface area contributed by atoms with Gasteiger partial charge in [-0.05, 0) is 24.6 Å². The Hall–Kier alpha value is -1.93. The summed E-state index contributed by atoms with van der Waals surface area (Å²) in [5.74, 6) is -0.934. The van der Waals surface area contributed by atoms with E-state index in [1.54, 1.807) is 0 Å². The average molecular weight is 317 g/mol. The maximum absolute atomic E-state index is 13.9. The van der Waals surface area contributed by atoms with Gasteiger partial charge in [-0.3, -0.25) is 4.72 Å². The molecule has 2 rings (SSSR count). The first-order chi connectivity index (χ1) is 9.29. The Morgan fingerprint density at radius 3 is 2.65 bits per heavy atom. The summed E-state index contributed by atoms with van der Waals surface area (Å²) in [6.45, 7) is 1.42. The number of hydrogen-bond donors (Lipinski definition) is 2. The van der Waals surface area contributed by atoms with Gasteiger partial charge in [0, 0.05) is 11.8 Å². The van der Waals surface area contributed by atoms with Crippen LogP contribution < -0.4 is 10.5 Å². The summed E-state index contributed by atoms with van der Waals surface area (Å²) < 4.78 is 40.3. The standard InChI is InChI=1S/C11H10ClFN4O2S/c1-6-2-7(14)3-8(11(6)13)20(18,19)17-10-4-9(12)15-5-16-10/h2-5H,14H2,1H3,(H,15,16,17). The number of aromatic nitrogens is 2. The van der Waals surface area contributed by atoms with Crippen LogP contribution in [-0.2, 0) is 10.0 Å². The summed E-state index contributed by atoms with van der Waals surface area (Å²) in [6, 6.07) is 3.58. The molecule has 0 spiro atoms. The number of halogens is 2. The maximum atomic E-state index is 13.9. The molecular weight excluding hydrogens is 307 g/mol. The van der Waals surface area contributed by atoms with Crippen LogP contribution in [0.4, 0.5) is 15.9 Å². The van der Waals surface area contributed by atoms with Crippen LogP contribution in [0.5, 0.6) is 0 Å². The number of nitrogens with zero attached hydrogens (tertiary/aromatic N) is 2. The second-order valence-electron chi connectivity index (χ2n) is 3.98. The second kappa shape index (κ2) is 5.22. The van der Waals surface area contributed by atoms with E-state index in [4.69, 9.17) is 17.3 Å². The molecule has 0 amide bonds. The highest BCUT2D eigenvalue weighted by Crippen LogP contribution is 2.23. The van der Waals surface area contributed by atoms with Crippen molar-refractivity contribution >= 4 is 33.1 Å². The molecule has 0 aliphatic rings. The molecule has 1 aromatic carbocycles. The van der Waals surface area contributed by atoms with Crippen LogP contribution in [0.1, 0.15) is 5.56 Å². The third kappa shape index (κ3) is 2.97. The zero-order valence-electron chi connectivity index (χ0n) is 10.3. The van der Waals surface area contributed by atoms with E-state index < -0.39 is 20.7 Å². The van der Waals surface area contributed by atoms with E-state index in [9.17, 15) is 12.8 Å². The summed E-state index contributed by atoms with van der Waals surface area (Å²) >= 11 is 5.62. The molecule has 20 heavy (non-hydrogen) atoms. The van der Waals surface area contributed by atoms with Crippen LogP contribution >= 0.6 is 11.6 Å². The lowest BCUT2D eigenvalue weighted by Crippen LogP contribution is -2.16. The Balaban J connectivity index is 2.46. The average Bonchev–Trinajstić information content (AvgIpc) is 2.33. The Bertz CT molecular complexity index is 767. The largest absolute Gasteiger partial charge is 0.399 e. The topological polar surface area (TPSA) is 98.0 Å². The van der Waals surface area contributed by atoms with Gasteiger partial charge in [-0.2, -0.15) is 0 Å². The van der Waals surface area contributed by atoms with E-state index in [2.05, 4.69) is 14.7 Å². The number of aryl methyl sites for hydroxylation is 1. The molecule has 0 aliphatic heterocycles. The van der Waals surface area contributed by atoms with Crippen molar-refractivity contribution in [3.05, 3.63) is 41.1 Å². The zero-order valence-corrected chi connectivity index (χ0v) is 11.8. The molecule has 9 heteroatoms. The molecule has 0 fully saturated rings. The van der Waals surface area contributed by atoms with E-state index >= 15 is 0 Å². The molecule has 1 aromatic heterocycles. The minimum Gasteiger partial charge on any atom is -0.399 e. The van der Waals surface area contributed by atoms with Crippen LogP contribution in [0, 0.1) is 12.7 Å². The number of benzene rings is 1. The van der Waals surface area contributed by atoms with Crippen molar-refractivity contribution in [1.29, 1.82) is 0 Å². The van der Waals surface area contributed by atoms with Gasteiger partial charge in [0.25, 0.3) is 10.0 Å². The molecule has 0 radical (unpaired) electrons. The lowest BCUT2D eigenvalue weighted by atomic mass is 10.2. The SMILES string of the molecule is Cc1cc(N)cc(S(=O)(=O)Nc2cc(Cl)ncn2)c1F. The van der Waals surface area contributed by atoms with Gasteiger partial charge in [-0.25, -0.2) is 22.8 Å². The number of anilines is 2. The molecule has 0 aliphatic carbocycles. The summed E-state index contributed by atoms with van der Waals surface area (Å²) in [5.41, 5.74) is 5.81. The highest BCUT2D eigenvalue weighted by molar-refractivity contribution is 7.92. The van der Waals surface area contributed by atoms with Gasteiger partial charge < -0.3 is 5.73 Å². The van der Waals surface area contributed by atoms with E-state index in [0.29, 0.717) is 0 Å². The van der Waals surface area contributed by atoms with Crippen molar-refractivity contribution in [3.63, 3.8) is 0 Å². The van der Waals surface area contributed by atoms with Crippen molar-refractivity contribution in [2.75, 3.05) is 10.5 Å². The van der Waals surface area contributed by atoms with Gasteiger partial charge in [0.2, 0.25) is 0 Å². The third-order valence-corrected chi connectivity index (χ3v) is 3.97. The highest BCUT2D eigenvalue weighted by atomic mass is 35.5. The molecule has 6 nitrogen and oxygen atoms in total. The van der Waals surface area contributed by atoms with Gasteiger partial charge in [-0.15, -0.1) is 0 Å². The molecule has 0 unspecified atom stereocenters. The van der Waals surface area contributed by atoms with Crippen molar-refractivity contribution in [2.24, 2.45) is 0 Å². The number of sulfonamides is 1. The van der Waals surface area contributed by atoms with Gasteiger partial charge in [0.1, 0.15) is 28.0 Å². The summed E-state index contributed by atoms with van der Waals surface area (Å²) in [4.78, 5) is 6.75. The summed E-state index contributed by atoms with van der Waals surface area (Å²) in [5, 5.41) is 0.0573. The number of rotatable bonds is 3. The monoisotopic (exact) mass is 316 g/mol. The molecule has 3 N–H and O–H groups in total. The molecular formula is C11H10ClFN4O2S. The predicted molar refractivity (Wildman–Crippen MR) is 73.4 cm³/mol. The van der Waals surface area contributed by atoms with Gasteiger partial charge >= 0.3 is 0 Å². The molecule has 0 atom stereocenters. The van der Waals surface area contributed by atoms with Crippen molar-refractivity contribution in [3.8, 4) is 0 Å². The normalized spacial score (nSPS) is 11.3. The number of nitrogens with one attached hydrogen (secondary N) is 1. The Kier molecular flexibility index (Phi) is 3.78. The number of nitrogen functional groups attached to an aromatic ring is 1. The van der Waals surface area contributed by atoms with Crippen LogP contribution in [0.15, 0.2) is 29.4 Å². The van der Waals surface area contributed by atoms with Crippen LogP contribution in [0.3, 0.4) is 0 Å². The molecule has 1 heterocycles. The van der Waals surface area contributed by atoms with E-state index in [1.165, 1.54) is 19.1 Å². The van der Waals surface area contributed by atoms with Crippen molar-refractivity contribution in [1.82, 2.24) is 9.97 Å². The van der Waals surface area contributed by atoms with Crippen LogP contribution in [0.25, 0.3) is 0 Å². The maximum Gasteiger partial charge on any atom is 0.266 e.